The summed E-state index contributed by atoms with van der Waals surface area (Å²) in [5, 5.41) is 0. The van der Waals surface area contributed by atoms with E-state index >= 15 is 0 Å². The van der Waals surface area contributed by atoms with Gasteiger partial charge < -0.3 is 10.6 Å². The minimum absolute atomic E-state index is 0.716. The average Bonchev–Trinajstić information content (AvgIpc) is 2.16. The van der Waals surface area contributed by atoms with Crippen LogP contribution in [0, 0.1) is 5.92 Å². The Morgan fingerprint density at radius 3 is 2.58 bits per heavy atom. The Bertz CT molecular complexity index is 109. The van der Waals surface area contributed by atoms with Crippen molar-refractivity contribution >= 4 is 11.8 Å². The van der Waals surface area contributed by atoms with Crippen LogP contribution >= 0.6 is 11.8 Å². The summed E-state index contributed by atoms with van der Waals surface area (Å²) in [6, 6.07) is 0. The molecular formula is C9H20N2S. The van der Waals surface area contributed by atoms with Gasteiger partial charge in [0.05, 0.1) is 0 Å². The quantitative estimate of drug-likeness (QED) is 0.714. The molecule has 72 valence electrons. The maximum Gasteiger partial charge on any atom is 0.00728 e. The van der Waals surface area contributed by atoms with Gasteiger partial charge in [0.25, 0.3) is 0 Å². The molecule has 0 amide bonds. The van der Waals surface area contributed by atoms with Crippen LogP contribution < -0.4 is 5.73 Å². The lowest BCUT2D eigenvalue weighted by Gasteiger charge is -2.29. The highest BCUT2D eigenvalue weighted by Crippen LogP contribution is 2.11. The van der Waals surface area contributed by atoms with Gasteiger partial charge in [-0.2, -0.15) is 11.8 Å². The van der Waals surface area contributed by atoms with E-state index in [0.29, 0.717) is 5.92 Å². The topological polar surface area (TPSA) is 29.3 Å². The smallest absolute Gasteiger partial charge is 0.00728 e. The molecule has 1 saturated heterocycles. The van der Waals surface area contributed by atoms with Crippen LogP contribution in [0.1, 0.15) is 13.3 Å². The van der Waals surface area contributed by atoms with Crippen molar-refractivity contribution in [3.8, 4) is 0 Å². The van der Waals surface area contributed by atoms with E-state index in [1.807, 2.05) is 0 Å². The van der Waals surface area contributed by atoms with Gasteiger partial charge in [0, 0.05) is 31.1 Å². The molecule has 0 aliphatic carbocycles. The van der Waals surface area contributed by atoms with Gasteiger partial charge in [-0.05, 0) is 12.5 Å². The monoisotopic (exact) mass is 188 g/mol. The summed E-state index contributed by atoms with van der Waals surface area (Å²) < 4.78 is 0. The molecule has 0 aromatic rings. The fraction of sp³-hybridized carbons (Fsp3) is 1.00. The van der Waals surface area contributed by atoms with Crippen molar-refractivity contribution < 1.29 is 0 Å². The number of thioether (sulfide) groups is 1. The van der Waals surface area contributed by atoms with Crippen LogP contribution in [0.2, 0.25) is 0 Å². The molecule has 1 heterocycles. The molecule has 0 bridgehead atoms. The summed E-state index contributed by atoms with van der Waals surface area (Å²) in [6.45, 7) is 6.83. The first-order chi connectivity index (χ1) is 5.86. The van der Waals surface area contributed by atoms with Crippen LogP contribution in [-0.2, 0) is 0 Å². The lowest BCUT2D eigenvalue weighted by Crippen LogP contribution is -2.38. The van der Waals surface area contributed by atoms with Crippen LogP contribution in [0.4, 0.5) is 0 Å². The second-order valence-electron chi connectivity index (χ2n) is 3.42. The van der Waals surface area contributed by atoms with Crippen LogP contribution in [0.15, 0.2) is 0 Å². The van der Waals surface area contributed by atoms with Gasteiger partial charge in [-0.1, -0.05) is 13.3 Å². The summed E-state index contributed by atoms with van der Waals surface area (Å²) >= 11 is 2.07. The van der Waals surface area contributed by atoms with E-state index in [1.165, 1.54) is 37.6 Å². The maximum absolute atomic E-state index is 5.67. The van der Waals surface area contributed by atoms with Crippen molar-refractivity contribution in [2.24, 2.45) is 11.7 Å². The van der Waals surface area contributed by atoms with E-state index in [-0.39, 0.29) is 0 Å². The van der Waals surface area contributed by atoms with Gasteiger partial charge in [0.1, 0.15) is 0 Å². The van der Waals surface area contributed by atoms with Gasteiger partial charge in [0.2, 0.25) is 0 Å². The number of nitrogens with two attached hydrogens (primary N) is 1. The predicted molar refractivity (Wildman–Crippen MR) is 56.6 cm³/mol. The average molecular weight is 188 g/mol. The highest BCUT2D eigenvalue weighted by molar-refractivity contribution is 7.99. The Morgan fingerprint density at radius 1 is 1.42 bits per heavy atom. The standard InChI is InChI=1S/C9H20N2S/c1-2-9(7-10)8-11-3-5-12-6-4-11/h9H,2-8,10H2,1H3. The van der Waals surface area contributed by atoms with Crippen molar-refractivity contribution in [3.05, 3.63) is 0 Å². The Morgan fingerprint density at radius 2 is 2.08 bits per heavy atom. The van der Waals surface area contributed by atoms with E-state index in [4.69, 9.17) is 5.73 Å². The Kier molecular flexibility index (Phi) is 5.04. The van der Waals surface area contributed by atoms with E-state index < -0.39 is 0 Å². The Balaban J connectivity index is 2.18. The molecule has 0 spiro atoms. The van der Waals surface area contributed by atoms with Gasteiger partial charge in [0.15, 0.2) is 0 Å². The molecule has 0 saturated carbocycles. The van der Waals surface area contributed by atoms with Crippen molar-refractivity contribution in [2.45, 2.75) is 13.3 Å². The van der Waals surface area contributed by atoms with Crippen LogP contribution in [0.5, 0.6) is 0 Å². The van der Waals surface area contributed by atoms with Crippen LogP contribution in [-0.4, -0.2) is 42.6 Å². The highest BCUT2D eigenvalue weighted by Gasteiger charge is 2.13. The van der Waals surface area contributed by atoms with Crippen molar-refractivity contribution in [3.63, 3.8) is 0 Å². The van der Waals surface area contributed by atoms with Gasteiger partial charge in [-0.3, -0.25) is 0 Å². The first-order valence-corrected chi connectivity index (χ1v) is 6.02. The van der Waals surface area contributed by atoms with E-state index in [2.05, 4.69) is 23.6 Å². The fourth-order valence-corrected chi connectivity index (χ4v) is 2.50. The molecular weight excluding hydrogens is 168 g/mol. The number of hydrogen-bond acceptors (Lipinski definition) is 3. The first-order valence-electron chi connectivity index (χ1n) is 4.87. The lowest BCUT2D eigenvalue weighted by atomic mass is 10.1. The zero-order chi connectivity index (χ0) is 8.81. The van der Waals surface area contributed by atoms with Gasteiger partial charge in [-0.15, -0.1) is 0 Å². The molecule has 2 nitrogen and oxygen atoms in total. The third-order valence-electron chi connectivity index (χ3n) is 2.53. The molecule has 0 aromatic heterocycles. The molecule has 1 unspecified atom stereocenters. The molecule has 1 fully saturated rings. The SMILES string of the molecule is CCC(CN)CN1CCSCC1. The molecule has 2 N–H and O–H groups in total. The Hall–Kier alpha value is 0.270. The van der Waals surface area contributed by atoms with Crippen LogP contribution in [0.3, 0.4) is 0 Å². The van der Waals surface area contributed by atoms with Gasteiger partial charge >= 0.3 is 0 Å². The van der Waals surface area contributed by atoms with E-state index in [0.717, 1.165) is 6.54 Å². The minimum atomic E-state index is 0.716. The van der Waals surface area contributed by atoms with Crippen LogP contribution in [0.25, 0.3) is 0 Å². The molecule has 0 radical (unpaired) electrons. The number of hydrogen-bond donors (Lipinski definition) is 1. The van der Waals surface area contributed by atoms with Gasteiger partial charge in [-0.25, -0.2) is 0 Å². The fourth-order valence-electron chi connectivity index (χ4n) is 1.52. The van der Waals surface area contributed by atoms with E-state index in [9.17, 15) is 0 Å². The summed E-state index contributed by atoms with van der Waals surface area (Å²) in [7, 11) is 0. The van der Waals surface area contributed by atoms with E-state index in [1.54, 1.807) is 0 Å². The maximum atomic E-state index is 5.67. The zero-order valence-electron chi connectivity index (χ0n) is 7.96. The Labute approximate surface area is 79.9 Å². The van der Waals surface area contributed by atoms with Crippen molar-refractivity contribution in [1.29, 1.82) is 0 Å². The molecule has 1 aliphatic rings. The minimum Gasteiger partial charge on any atom is -0.330 e. The normalized spacial score (nSPS) is 22.5. The number of rotatable bonds is 4. The summed E-state index contributed by atoms with van der Waals surface area (Å²) in [5.74, 6) is 3.33. The highest BCUT2D eigenvalue weighted by atomic mass is 32.2. The summed E-state index contributed by atoms with van der Waals surface area (Å²) in [4.78, 5) is 2.55. The lowest BCUT2D eigenvalue weighted by molar-refractivity contribution is 0.250. The molecule has 3 heteroatoms. The second kappa shape index (κ2) is 5.84. The van der Waals surface area contributed by atoms with Crippen molar-refractivity contribution in [2.75, 3.05) is 37.7 Å². The number of nitrogens with zero attached hydrogens (tertiary/aromatic N) is 1. The predicted octanol–water partition coefficient (Wildman–Crippen LogP) is 1.02. The molecule has 1 atom stereocenters. The molecule has 1 rings (SSSR count). The molecule has 0 aromatic carbocycles. The molecule has 12 heavy (non-hydrogen) atoms. The third kappa shape index (κ3) is 3.33. The summed E-state index contributed by atoms with van der Waals surface area (Å²) in [5.41, 5.74) is 5.67. The summed E-state index contributed by atoms with van der Waals surface area (Å²) in [6.07, 6.45) is 1.22. The molecule has 1 aliphatic heterocycles. The second-order valence-corrected chi connectivity index (χ2v) is 4.65. The van der Waals surface area contributed by atoms with Crippen molar-refractivity contribution in [1.82, 2.24) is 4.90 Å². The largest absolute Gasteiger partial charge is 0.330 e. The zero-order valence-corrected chi connectivity index (χ0v) is 8.78. The first kappa shape index (κ1) is 10.4. The third-order valence-corrected chi connectivity index (χ3v) is 3.47.